The van der Waals surface area contributed by atoms with Gasteiger partial charge in [0, 0.05) is 6.04 Å². The van der Waals surface area contributed by atoms with Crippen molar-refractivity contribution in [1.82, 2.24) is 10.6 Å². The fourth-order valence-corrected chi connectivity index (χ4v) is 1.90. The summed E-state index contributed by atoms with van der Waals surface area (Å²) in [6, 6.07) is -0.314. The monoisotopic (exact) mass is 256 g/mol. The second kappa shape index (κ2) is 5.59. The van der Waals surface area contributed by atoms with Crippen LogP contribution in [-0.2, 0) is 9.53 Å². The Kier molecular flexibility index (Phi) is 4.59. The van der Waals surface area contributed by atoms with Gasteiger partial charge in [0.2, 0.25) is 5.91 Å². The van der Waals surface area contributed by atoms with E-state index in [0.717, 1.165) is 12.8 Å². The summed E-state index contributed by atoms with van der Waals surface area (Å²) in [7, 11) is 0. The third-order valence-electron chi connectivity index (χ3n) is 2.85. The Morgan fingerprint density at radius 2 is 1.83 bits per heavy atom. The Morgan fingerprint density at radius 3 is 2.28 bits per heavy atom. The fourth-order valence-electron chi connectivity index (χ4n) is 1.90. The van der Waals surface area contributed by atoms with E-state index in [2.05, 4.69) is 17.6 Å². The van der Waals surface area contributed by atoms with E-state index in [-0.39, 0.29) is 11.9 Å². The highest BCUT2D eigenvalue weighted by molar-refractivity contribution is 5.85. The average Bonchev–Trinajstić information content (AvgIpc) is 2.11. The van der Waals surface area contributed by atoms with E-state index in [1.807, 2.05) is 0 Å². The van der Waals surface area contributed by atoms with Gasteiger partial charge >= 0.3 is 6.09 Å². The van der Waals surface area contributed by atoms with Gasteiger partial charge in [0.25, 0.3) is 0 Å². The second-order valence-corrected chi connectivity index (χ2v) is 6.15. The molecule has 1 atom stereocenters. The molecule has 2 amide bonds. The molecule has 0 saturated heterocycles. The van der Waals surface area contributed by atoms with E-state index >= 15 is 0 Å². The number of hydrogen-bond donors (Lipinski definition) is 2. The number of alkyl carbamates (subject to hydrolysis) is 1. The zero-order valence-corrected chi connectivity index (χ0v) is 11.9. The van der Waals surface area contributed by atoms with Crippen LogP contribution in [0, 0.1) is 5.92 Å². The molecule has 0 heterocycles. The first kappa shape index (κ1) is 14.8. The molecular formula is C13H24N2O3. The zero-order valence-electron chi connectivity index (χ0n) is 11.9. The van der Waals surface area contributed by atoms with Gasteiger partial charge in [-0.1, -0.05) is 6.92 Å². The first-order chi connectivity index (χ1) is 8.17. The highest BCUT2D eigenvalue weighted by Crippen LogP contribution is 2.26. The fraction of sp³-hybridized carbons (Fsp3) is 0.846. The predicted molar refractivity (Wildman–Crippen MR) is 69.2 cm³/mol. The quantitative estimate of drug-likeness (QED) is 0.809. The van der Waals surface area contributed by atoms with Crippen molar-refractivity contribution in [3.8, 4) is 0 Å². The standard InChI is InChI=1S/C13H24N2O3/c1-8-6-10(7-8)15-11(16)9(2)14-12(17)18-13(3,4)5/h8-10H,6-7H2,1-5H3,(H,14,17)(H,15,16). The van der Waals surface area contributed by atoms with Gasteiger partial charge in [-0.3, -0.25) is 4.79 Å². The molecule has 1 rings (SSSR count). The number of ether oxygens (including phenoxy) is 1. The summed E-state index contributed by atoms with van der Waals surface area (Å²) in [5.41, 5.74) is -0.552. The van der Waals surface area contributed by atoms with Gasteiger partial charge in [-0.15, -0.1) is 0 Å². The molecule has 0 spiro atoms. The Labute approximate surface area is 109 Å². The lowest BCUT2D eigenvalue weighted by Gasteiger charge is -2.34. The molecule has 0 aliphatic heterocycles. The molecule has 1 saturated carbocycles. The Balaban J connectivity index is 2.29. The van der Waals surface area contributed by atoms with Crippen molar-refractivity contribution >= 4 is 12.0 Å². The van der Waals surface area contributed by atoms with E-state index in [1.54, 1.807) is 27.7 Å². The lowest BCUT2D eigenvalue weighted by atomic mass is 9.82. The maximum absolute atomic E-state index is 11.8. The number of carbonyl (C=O) groups excluding carboxylic acids is 2. The van der Waals surface area contributed by atoms with E-state index in [0.29, 0.717) is 5.92 Å². The number of carbonyl (C=O) groups is 2. The molecule has 1 aliphatic carbocycles. The van der Waals surface area contributed by atoms with Crippen molar-refractivity contribution in [3.63, 3.8) is 0 Å². The summed E-state index contributed by atoms with van der Waals surface area (Å²) in [6.45, 7) is 9.17. The predicted octanol–water partition coefficient (Wildman–Crippen LogP) is 1.81. The first-order valence-electron chi connectivity index (χ1n) is 6.47. The third kappa shape index (κ3) is 4.94. The normalized spacial score (nSPS) is 24.7. The minimum atomic E-state index is -0.573. The van der Waals surface area contributed by atoms with Crippen molar-refractivity contribution in [1.29, 1.82) is 0 Å². The zero-order chi connectivity index (χ0) is 13.9. The molecular weight excluding hydrogens is 232 g/mol. The SMILES string of the molecule is CC1CC(NC(=O)C(C)NC(=O)OC(C)(C)C)C1. The summed E-state index contributed by atoms with van der Waals surface area (Å²) in [5.74, 6) is 0.530. The number of nitrogens with one attached hydrogen (secondary N) is 2. The first-order valence-corrected chi connectivity index (χ1v) is 6.47. The van der Waals surface area contributed by atoms with Gasteiger partial charge < -0.3 is 15.4 Å². The molecule has 104 valence electrons. The molecule has 1 unspecified atom stereocenters. The molecule has 2 N–H and O–H groups in total. The van der Waals surface area contributed by atoms with Gasteiger partial charge in [0.05, 0.1) is 0 Å². The van der Waals surface area contributed by atoms with Gasteiger partial charge in [-0.2, -0.15) is 0 Å². The van der Waals surface area contributed by atoms with Gasteiger partial charge in [0.1, 0.15) is 11.6 Å². The third-order valence-corrected chi connectivity index (χ3v) is 2.85. The van der Waals surface area contributed by atoms with Crippen LogP contribution in [0.5, 0.6) is 0 Å². The summed E-state index contributed by atoms with van der Waals surface area (Å²) >= 11 is 0. The van der Waals surface area contributed by atoms with Crippen molar-refractivity contribution in [2.75, 3.05) is 0 Å². The molecule has 1 aliphatic rings. The van der Waals surface area contributed by atoms with Crippen LogP contribution in [0.1, 0.15) is 47.5 Å². The van der Waals surface area contributed by atoms with E-state index in [9.17, 15) is 9.59 Å². The maximum Gasteiger partial charge on any atom is 0.408 e. The lowest BCUT2D eigenvalue weighted by Crippen LogP contribution is -2.52. The summed E-state index contributed by atoms with van der Waals surface area (Å²) in [5, 5.41) is 5.43. The van der Waals surface area contributed by atoms with Crippen molar-refractivity contribution in [2.24, 2.45) is 5.92 Å². The summed E-state index contributed by atoms with van der Waals surface area (Å²) < 4.78 is 5.09. The molecule has 5 heteroatoms. The van der Waals surface area contributed by atoms with Crippen molar-refractivity contribution < 1.29 is 14.3 Å². The second-order valence-electron chi connectivity index (χ2n) is 6.15. The van der Waals surface area contributed by atoms with E-state index in [1.165, 1.54) is 0 Å². The number of hydrogen-bond acceptors (Lipinski definition) is 3. The number of rotatable bonds is 3. The largest absolute Gasteiger partial charge is 0.444 e. The molecule has 1 fully saturated rings. The Bertz CT molecular complexity index is 317. The summed E-state index contributed by atoms with van der Waals surface area (Å²) in [4.78, 5) is 23.3. The topological polar surface area (TPSA) is 67.4 Å². The number of amides is 2. The van der Waals surface area contributed by atoms with E-state index < -0.39 is 17.7 Å². The van der Waals surface area contributed by atoms with E-state index in [4.69, 9.17) is 4.74 Å². The minimum Gasteiger partial charge on any atom is -0.444 e. The lowest BCUT2D eigenvalue weighted by molar-refractivity contribution is -0.124. The van der Waals surface area contributed by atoms with Gasteiger partial charge in [-0.05, 0) is 46.5 Å². The van der Waals surface area contributed by atoms with Crippen LogP contribution in [-0.4, -0.2) is 29.7 Å². The Hall–Kier alpha value is -1.26. The van der Waals surface area contributed by atoms with Crippen LogP contribution in [0.2, 0.25) is 0 Å². The van der Waals surface area contributed by atoms with Crippen LogP contribution in [0.3, 0.4) is 0 Å². The van der Waals surface area contributed by atoms with Crippen molar-refractivity contribution in [3.05, 3.63) is 0 Å². The van der Waals surface area contributed by atoms with Crippen molar-refractivity contribution in [2.45, 2.75) is 65.1 Å². The maximum atomic E-state index is 11.8. The molecule has 0 aromatic heterocycles. The molecule has 5 nitrogen and oxygen atoms in total. The average molecular weight is 256 g/mol. The van der Waals surface area contributed by atoms with Crippen LogP contribution >= 0.6 is 0 Å². The molecule has 0 aromatic carbocycles. The van der Waals surface area contributed by atoms with Crippen LogP contribution in [0.25, 0.3) is 0 Å². The van der Waals surface area contributed by atoms with Gasteiger partial charge in [-0.25, -0.2) is 4.79 Å². The highest BCUT2D eigenvalue weighted by Gasteiger charge is 2.28. The molecule has 0 aromatic rings. The van der Waals surface area contributed by atoms with Crippen LogP contribution in [0.4, 0.5) is 4.79 Å². The molecule has 18 heavy (non-hydrogen) atoms. The Morgan fingerprint density at radius 1 is 1.28 bits per heavy atom. The van der Waals surface area contributed by atoms with Gasteiger partial charge in [0.15, 0.2) is 0 Å². The summed E-state index contributed by atoms with van der Waals surface area (Å²) in [6.07, 6.45) is 1.47. The minimum absolute atomic E-state index is 0.155. The molecule has 0 radical (unpaired) electrons. The molecule has 0 bridgehead atoms. The van der Waals surface area contributed by atoms with Crippen LogP contribution in [0.15, 0.2) is 0 Å². The smallest absolute Gasteiger partial charge is 0.408 e. The van der Waals surface area contributed by atoms with Crippen LogP contribution < -0.4 is 10.6 Å². The highest BCUT2D eigenvalue weighted by atomic mass is 16.6.